The summed E-state index contributed by atoms with van der Waals surface area (Å²) in [5.74, 6) is 0.0293. The Balaban J connectivity index is 1.49. The summed E-state index contributed by atoms with van der Waals surface area (Å²) in [6.07, 6.45) is 10.6. The summed E-state index contributed by atoms with van der Waals surface area (Å²) in [5, 5.41) is 2.86. The maximum absolute atomic E-state index is 13.1. The van der Waals surface area contributed by atoms with Crippen LogP contribution in [0.1, 0.15) is 67.0 Å². The zero-order chi connectivity index (χ0) is 26.3. The van der Waals surface area contributed by atoms with Gasteiger partial charge in [-0.2, -0.15) is 0 Å². The first-order valence-corrected chi connectivity index (χ1v) is 14.7. The average Bonchev–Trinajstić information content (AvgIpc) is 3.60. The van der Waals surface area contributed by atoms with Gasteiger partial charge in [0.15, 0.2) is 5.01 Å². The van der Waals surface area contributed by atoms with Crippen LogP contribution in [-0.4, -0.2) is 52.7 Å². The fourth-order valence-electron chi connectivity index (χ4n) is 4.17. The van der Waals surface area contributed by atoms with E-state index in [9.17, 15) is 13.2 Å². The number of carbonyl (C=O) groups excluding carboxylic acids is 1. The largest absolute Gasteiger partial charge is 0.477 e. The van der Waals surface area contributed by atoms with E-state index in [-0.39, 0.29) is 16.2 Å². The third-order valence-electron chi connectivity index (χ3n) is 6.00. The van der Waals surface area contributed by atoms with E-state index in [1.54, 1.807) is 24.5 Å². The number of carbonyl (C=O) groups is 1. The van der Waals surface area contributed by atoms with Crippen LogP contribution in [0.25, 0.3) is 10.6 Å². The fourth-order valence-corrected chi connectivity index (χ4v) is 6.52. The van der Waals surface area contributed by atoms with Crippen molar-refractivity contribution in [3.05, 3.63) is 47.6 Å². The number of thiazole rings is 1. The molecule has 3 heterocycles. The molecule has 11 nitrogen and oxygen atoms in total. The van der Waals surface area contributed by atoms with Gasteiger partial charge in [-0.15, -0.1) is 11.3 Å². The molecule has 0 spiro atoms. The summed E-state index contributed by atoms with van der Waals surface area (Å²) in [6.45, 7) is 2.77. The van der Waals surface area contributed by atoms with E-state index in [0.29, 0.717) is 66.7 Å². The summed E-state index contributed by atoms with van der Waals surface area (Å²) in [7, 11) is -3.48. The highest BCUT2D eigenvalue weighted by molar-refractivity contribution is 7.93. The molecule has 1 unspecified atom stereocenters. The summed E-state index contributed by atoms with van der Waals surface area (Å²) < 4.78 is 33.6. The van der Waals surface area contributed by atoms with Crippen molar-refractivity contribution in [2.75, 3.05) is 17.9 Å². The van der Waals surface area contributed by atoms with Crippen LogP contribution in [0.3, 0.4) is 0 Å². The standard InChI is InChI=1S/C24H31N7O4S2/c1-2-35-22-15-26-13-20(29-22)21-14-28-24(36-21)23(32)30-18(8-5-10-25)19-12-16(9-11-27-19)31-37(33,34)17-6-3-4-7-17/h9,11-15,17-18H,2-8,10,25H2,1H3,(H,27,31)(H,30,32). The molecule has 3 aromatic heterocycles. The zero-order valence-corrected chi connectivity index (χ0v) is 22.2. The molecule has 1 saturated carbocycles. The number of hydrogen-bond acceptors (Lipinski definition) is 10. The topological polar surface area (TPSA) is 162 Å². The molecule has 1 aliphatic carbocycles. The Hall–Kier alpha value is -3.16. The molecule has 4 rings (SSSR count). The number of hydrogen-bond donors (Lipinski definition) is 3. The average molecular weight is 546 g/mol. The molecule has 13 heteroatoms. The molecule has 1 aliphatic rings. The van der Waals surface area contributed by atoms with E-state index in [2.05, 4.69) is 30.0 Å². The minimum Gasteiger partial charge on any atom is -0.477 e. The molecule has 37 heavy (non-hydrogen) atoms. The van der Waals surface area contributed by atoms with Crippen molar-refractivity contribution in [1.82, 2.24) is 25.3 Å². The lowest BCUT2D eigenvalue weighted by Gasteiger charge is -2.19. The van der Waals surface area contributed by atoms with Gasteiger partial charge in [-0.1, -0.05) is 12.8 Å². The molecule has 0 aliphatic heterocycles. The Labute approximate surface area is 220 Å². The summed E-state index contributed by atoms with van der Waals surface area (Å²) in [6, 6.07) is 2.80. The van der Waals surface area contributed by atoms with Crippen LogP contribution in [-0.2, 0) is 10.0 Å². The van der Waals surface area contributed by atoms with Crippen molar-refractivity contribution in [2.24, 2.45) is 5.73 Å². The van der Waals surface area contributed by atoms with Crippen LogP contribution >= 0.6 is 11.3 Å². The molecule has 3 aromatic rings. The van der Waals surface area contributed by atoms with Crippen LogP contribution in [0, 0.1) is 0 Å². The van der Waals surface area contributed by atoms with Crippen molar-refractivity contribution >= 4 is 33.0 Å². The van der Waals surface area contributed by atoms with Gasteiger partial charge in [0.05, 0.1) is 46.6 Å². The Kier molecular flexibility index (Phi) is 9.00. The first kappa shape index (κ1) is 26.9. The minimum atomic E-state index is -3.48. The summed E-state index contributed by atoms with van der Waals surface area (Å²) in [5.41, 5.74) is 7.25. The summed E-state index contributed by atoms with van der Waals surface area (Å²) >= 11 is 1.19. The van der Waals surface area contributed by atoms with E-state index >= 15 is 0 Å². The van der Waals surface area contributed by atoms with E-state index in [1.165, 1.54) is 23.7 Å². The van der Waals surface area contributed by atoms with Crippen LogP contribution in [0.2, 0.25) is 0 Å². The predicted molar refractivity (Wildman–Crippen MR) is 142 cm³/mol. The molecule has 1 fully saturated rings. The highest BCUT2D eigenvalue weighted by atomic mass is 32.2. The third-order valence-corrected chi connectivity index (χ3v) is 8.89. The van der Waals surface area contributed by atoms with Gasteiger partial charge in [-0.05, 0) is 51.3 Å². The van der Waals surface area contributed by atoms with Gasteiger partial charge < -0.3 is 15.8 Å². The zero-order valence-electron chi connectivity index (χ0n) is 20.6. The number of rotatable bonds is 12. The normalized spacial score (nSPS) is 14.9. The molecule has 0 saturated heterocycles. The number of nitrogens with one attached hydrogen (secondary N) is 2. The van der Waals surface area contributed by atoms with Crippen LogP contribution < -0.4 is 20.5 Å². The van der Waals surface area contributed by atoms with Crippen molar-refractivity contribution < 1.29 is 17.9 Å². The SMILES string of the molecule is CCOc1cncc(-c2cnc(C(=O)NC(CCCN)c3cc(NS(=O)(=O)C4CCCC4)ccn3)s2)n1. The first-order valence-electron chi connectivity index (χ1n) is 12.3. The van der Waals surface area contributed by atoms with Gasteiger partial charge in [0, 0.05) is 12.4 Å². The first-order chi connectivity index (χ1) is 17.9. The lowest BCUT2D eigenvalue weighted by atomic mass is 10.1. The number of sulfonamides is 1. The van der Waals surface area contributed by atoms with E-state index in [4.69, 9.17) is 10.5 Å². The maximum atomic E-state index is 13.1. The number of ether oxygens (including phenoxy) is 1. The smallest absolute Gasteiger partial charge is 0.280 e. The van der Waals surface area contributed by atoms with Gasteiger partial charge in [0.1, 0.15) is 5.69 Å². The highest BCUT2D eigenvalue weighted by Crippen LogP contribution is 2.28. The Morgan fingerprint density at radius 3 is 2.81 bits per heavy atom. The number of pyridine rings is 1. The predicted octanol–water partition coefficient (Wildman–Crippen LogP) is 3.29. The lowest BCUT2D eigenvalue weighted by Crippen LogP contribution is -2.30. The number of aromatic nitrogens is 4. The van der Waals surface area contributed by atoms with Gasteiger partial charge in [-0.25, -0.2) is 18.4 Å². The van der Waals surface area contributed by atoms with Crippen LogP contribution in [0.5, 0.6) is 5.88 Å². The second-order valence-corrected chi connectivity index (χ2v) is 11.7. The minimum absolute atomic E-state index is 0.259. The van der Waals surface area contributed by atoms with Crippen molar-refractivity contribution in [1.29, 1.82) is 0 Å². The van der Waals surface area contributed by atoms with Crippen molar-refractivity contribution in [3.8, 4) is 16.5 Å². The Morgan fingerprint density at radius 1 is 1.24 bits per heavy atom. The van der Waals surface area contributed by atoms with Crippen LogP contribution in [0.4, 0.5) is 5.69 Å². The molecule has 0 radical (unpaired) electrons. The monoisotopic (exact) mass is 545 g/mol. The third kappa shape index (κ3) is 6.99. The van der Waals surface area contributed by atoms with Crippen molar-refractivity contribution in [3.63, 3.8) is 0 Å². The van der Waals surface area contributed by atoms with Gasteiger partial charge >= 0.3 is 0 Å². The molecule has 0 bridgehead atoms. The second-order valence-electron chi connectivity index (χ2n) is 8.69. The molecule has 1 amide bonds. The molecule has 198 valence electrons. The molecule has 0 aromatic carbocycles. The molecular formula is C24H31N7O4S2. The molecular weight excluding hydrogens is 514 g/mol. The summed E-state index contributed by atoms with van der Waals surface area (Å²) in [4.78, 5) is 31.0. The van der Waals surface area contributed by atoms with Gasteiger partial charge in [-0.3, -0.25) is 19.5 Å². The number of nitrogens with zero attached hydrogens (tertiary/aromatic N) is 4. The maximum Gasteiger partial charge on any atom is 0.280 e. The van der Waals surface area contributed by atoms with Crippen LogP contribution in [0.15, 0.2) is 36.9 Å². The van der Waals surface area contributed by atoms with E-state index in [0.717, 1.165) is 12.8 Å². The lowest BCUT2D eigenvalue weighted by molar-refractivity contribution is 0.0933. The second kappa shape index (κ2) is 12.4. The molecule has 4 N–H and O–H groups in total. The van der Waals surface area contributed by atoms with E-state index < -0.39 is 16.1 Å². The van der Waals surface area contributed by atoms with Gasteiger partial charge in [0.25, 0.3) is 5.91 Å². The molecule has 1 atom stereocenters. The Bertz CT molecular complexity index is 1310. The highest BCUT2D eigenvalue weighted by Gasteiger charge is 2.29. The van der Waals surface area contributed by atoms with E-state index in [1.807, 2.05) is 6.92 Å². The number of amides is 1. The number of nitrogens with two attached hydrogens (primary N) is 1. The quantitative estimate of drug-likeness (QED) is 0.310. The Morgan fingerprint density at radius 2 is 2.05 bits per heavy atom. The van der Waals surface area contributed by atoms with Gasteiger partial charge in [0.2, 0.25) is 15.9 Å². The fraction of sp³-hybridized carbons (Fsp3) is 0.458. The van der Waals surface area contributed by atoms with Crippen molar-refractivity contribution in [2.45, 2.75) is 56.7 Å². The number of anilines is 1.